The average molecular weight is 206 g/mol. The van der Waals surface area contributed by atoms with E-state index in [-0.39, 0.29) is 5.50 Å². The number of carbonyl (C=O) groups excluding carboxylic acids is 1. The number of nitrogens with zero attached hydrogens (tertiary/aromatic N) is 2. The quantitative estimate of drug-likeness (QED) is 0.560. The van der Waals surface area contributed by atoms with E-state index in [4.69, 9.17) is 4.74 Å². The van der Waals surface area contributed by atoms with Gasteiger partial charge in [0.05, 0.1) is 6.61 Å². The van der Waals surface area contributed by atoms with E-state index in [1.807, 2.05) is 17.1 Å². The summed E-state index contributed by atoms with van der Waals surface area (Å²) in [5.41, 5.74) is 6.62. The summed E-state index contributed by atoms with van der Waals surface area (Å²) in [6.07, 6.45) is 0. The summed E-state index contributed by atoms with van der Waals surface area (Å²) in [5.74, 6) is 0. The smallest absolute Gasteiger partial charge is 0.179 e. The summed E-state index contributed by atoms with van der Waals surface area (Å²) in [7, 11) is 3.51. The molecule has 1 saturated heterocycles. The fraction of sp³-hybridized carbons (Fsp3) is 0.833. The number of hydrogen-bond acceptors (Lipinski definition) is 7. The molecule has 76 valence electrons. The lowest BCUT2D eigenvalue weighted by atomic mass is 10.6. The Bertz CT molecular complexity index is 171. The van der Waals surface area contributed by atoms with Crippen molar-refractivity contribution in [2.45, 2.75) is 5.50 Å². The molecule has 0 aromatic heterocycles. The zero-order valence-electron chi connectivity index (χ0n) is 7.69. The Kier molecular flexibility index (Phi) is 4.64. The SMILES string of the molecule is COCCN1NNN(C)C1SC=O. The molecule has 1 unspecified atom stereocenters. The first-order chi connectivity index (χ1) is 6.29. The maximum Gasteiger partial charge on any atom is 0.179 e. The summed E-state index contributed by atoms with van der Waals surface area (Å²) < 4.78 is 4.94. The summed E-state index contributed by atoms with van der Waals surface area (Å²) in [4.78, 5) is 10.3. The fourth-order valence-electron chi connectivity index (χ4n) is 1.03. The van der Waals surface area contributed by atoms with E-state index in [9.17, 15) is 4.79 Å². The molecule has 7 heteroatoms. The highest BCUT2D eigenvalue weighted by atomic mass is 32.2. The minimum Gasteiger partial charge on any atom is -0.383 e. The molecule has 1 aliphatic rings. The number of hydrogen-bond donors (Lipinski definition) is 2. The van der Waals surface area contributed by atoms with Crippen LogP contribution < -0.4 is 11.1 Å². The van der Waals surface area contributed by atoms with Gasteiger partial charge in [-0.05, 0) is 0 Å². The molecule has 1 atom stereocenters. The van der Waals surface area contributed by atoms with Gasteiger partial charge in [-0.2, -0.15) is 16.1 Å². The Morgan fingerprint density at radius 2 is 2.38 bits per heavy atom. The van der Waals surface area contributed by atoms with Crippen molar-refractivity contribution in [3.63, 3.8) is 0 Å². The molecule has 0 spiro atoms. The lowest BCUT2D eigenvalue weighted by Crippen LogP contribution is -2.40. The first-order valence-electron chi connectivity index (χ1n) is 3.88. The van der Waals surface area contributed by atoms with Gasteiger partial charge >= 0.3 is 0 Å². The van der Waals surface area contributed by atoms with Crippen LogP contribution in [0.2, 0.25) is 0 Å². The Balaban J connectivity index is 2.38. The molecule has 0 bridgehead atoms. The highest BCUT2D eigenvalue weighted by Gasteiger charge is 2.28. The molecule has 6 nitrogen and oxygen atoms in total. The monoisotopic (exact) mass is 206 g/mol. The van der Waals surface area contributed by atoms with Gasteiger partial charge in [-0.1, -0.05) is 11.8 Å². The maximum absolute atomic E-state index is 10.3. The molecule has 13 heavy (non-hydrogen) atoms. The zero-order valence-corrected chi connectivity index (χ0v) is 8.50. The van der Waals surface area contributed by atoms with Crippen molar-refractivity contribution in [2.24, 2.45) is 0 Å². The van der Waals surface area contributed by atoms with Gasteiger partial charge in [0.2, 0.25) is 0 Å². The highest BCUT2D eigenvalue weighted by molar-refractivity contribution is 8.12. The van der Waals surface area contributed by atoms with Crippen molar-refractivity contribution < 1.29 is 9.53 Å². The van der Waals surface area contributed by atoms with E-state index >= 15 is 0 Å². The van der Waals surface area contributed by atoms with Crippen LogP contribution in [0.4, 0.5) is 0 Å². The van der Waals surface area contributed by atoms with Crippen molar-refractivity contribution in [1.29, 1.82) is 0 Å². The standard InChI is InChI=1S/C6H14N4O2S/c1-9-6(13-5-11)10(8-7-9)3-4-12-2/h5-8H,3-4H2,1-2H3. The third kappa shape index (κ3) is 2.90. The molecular weight excluding hydrogens is 192 g/mol. The highest BCUT2D eigenvalue weighted by Crippen LogP contribution is 2.15. The number of hydrazine groups is 3. The molecule has 0 aromatic rings. The predicted octanol–water partition coefficient (Wildman–Crippen LogP) is -0.989. The number of rotatable bonds is 5. The number of methoxy groups -OCH3 is 1. The van der Waals surface area contributed by atoms with Crippen molar-refractivity contribution in [1.82, 2.24) is 21.1 Å². The first kappa shape index (κ1) is 10.9. The van der Waals surface area contributed by atoms with Crippen LogP contribution in [-0.4, -0.2) is 48.4 Å². The zero-order chi connectivity index (χ0) is 9.68. The van der Waals surface area contributed by atoms with Crippen molar-refractivity contribution in [3.05, 3.63) is 0 Å². The normalized spacial score (nSPS) is 25.2. The Labute approximate surface area is 81.5 Å². The lowest BCUT2D eigenvalue weighted by Gasteiger charge is -2.21. The van der Waals surface area contributed by atoms with Crippen LogP contribution >= 0.6 is 11.8 Å². The summed E-state index contributed by atoms with van der Waals surface area (Å²) in [5, 5.41) is 3.71. The minimum absolute atomic E-state index is 0.0207. The van der Waals surface area contributed by atoms with E-state index < -0.39 is 0 Å². The van der Waals surface area contributed by atoms with Crippen LogP contribution in [0.5, 0.6) is 0 Å². The van der Waals surface area contributed by atoms with Gasteiger partial charge in [0.25, 0.3) is 0 Å². The van der Waals surface area contributed by atoms with Gasteiger partial charge in [-0.3, -0.25) is 4.79 Å². The molecule has 1 rings (SSSR count). The van der Waals surface area contributed by atoms with Crippen LogP contribution in [0, 0.1) is 0 Å². The van der Waals surface area contributed by atoms with E-state index in [1.165, 1.54) is 11.8 Å². The topological polar surface area (TPSA) is 56.8 Å². The lowest BCUT2D eigenvalue weighted by molar-refractivity contribution is 0.121. The van der Waals surface area contributed by atoms with E-state index in [0.29, 0.717) is 6.61 Å². The van der Waals surface area contributed by atoms with Gasteiger partial charge in [-0.15, -0.1) is 0 Å². The summed E-state index contributed by atoms with van der Waals surface area (Å²) in [6, 6.07) is 0. The van der Waals surface area contributed by atoms with Crippen molar-refractivity contribution in [2.75, 3.05) is 27.3 Å². The first-order valence-corrected chi connectivity index (χ1v) is 4.82. The van der Waals surface area contributed by atoms with Gasteiger partial charge in [0.1, 0.15) is 5.50 Å². The van der Waals surface area contributed by atoms with Crippen LogP contribution in [0.3, 0.4) is 0 Å². The fourth-order valence-corrected chi connectivity index (χ4v) is 1.67. The van der Waals surface area contributed by atoms with Gasteiger partial charge in [0.15, 0.2) is 5.62 Å². The predicted molar refractivity (Wildman–Crippen MR) is 50.7 cm³/mol. The molecule has 0 saturated carbocycles. The largest absolute Gasteiger partial charge is 0.383 e. The summed E-state index contributed by atoms with van der Waals surface area (Å²) >= 11 is 1.20. The molecule has 1 heterocycles. The number of thioether (sulfide) groups is 1. The maximum atomic E-state index is 10.3. The second-order valence-electron chi connectivity index (χ2n) is 2.58. The molecule has 1 aliphatic heterocycles. The van der Waals surface area contributed by atoms with Crippen LogP contribution in [0.25, 0.3) is 0 Å². The van der Waals surface area contributed by atoms with Gasteiger partial charge in [-0.25, -0.2) is 5.01 Å². The third-order valence-corrected chi connectivity index (χ3v) is 2.61. The Morgan fingerprint density at radius 1 is 1.62 bits per heavy atom. The minimum atomic E-state index is -0.0207. The van der Waals surface area contributed by atoms with Crippen LogP contribution in [0.15, 0.2) is 0 Å². The number of ether oxygens (including phenoxy) is 1. The summed E-state index contributed by atoms with van der Waals surface area (Å²) in [6.45, 7) is 1.35. The molecule has 2 N–H and O–H groups in total. The molecule has 1 fully saturated rings. The van der Waals surface area contributed by atoms with Gasteiger partial charge < -0.3 is 4.74 Å². The number of nitrogens with one attached hydrogen (secondary N) is 2. The second kappa shape index (κ2) is 5.53. The van der Waals surface area contributed by atoms with E-state index in [1.54, 1.807) is 7.11 Å². The second-order valence-corrected chi connectivity index (χ2v) is 3.47. The molecule has 0 aliphatic carbocycles. The van der Waals surface area contributed by atoms with Crippen LogP contribution in [0.1, 0.15) is 0 Å². The van der Waals surface area contributed by atoms with Gasteiger partial charge in [0, 0.05) is 20.7 Å². The molecule has 0 radical (unpaired) electrons. The van der Waals surface area contributed by atoms with Crippen molar-refractivity contribution in [3.8, 4) is 0 Å². The number of carbonyl (C=O) groups is 1. The van der Waals surface area contributed by atoms with Crippen molar-refractivity contribution >= 4 is 17.4 Å². The Hall–Kier alpha value is -0.180. The Morgan fingerprint density at radius 3 is 3.00 bits per heavy atom. The van der Waals surface area contributed by atoms with E-state index in [0.717, 1.165) is 12.2 Å². The third-order valence-electron chi connectivity index (χ3n) is 1.68. The van der Waals surface area contributed by atoms with Crippen LogP contribution in [-0.2, 0) is 9.53 Å². The molecular formula is C6H14N4O2S. The molecule has 0 aromatic carbocycles. The van der Waals surface area contributed by atoms with E-state index in [2.05, 4.69) is 11.1 Å². The molecule has 0 amide bonds. The average Bonchev–Trinajstić information content (AvgIpc) is 2.46.